The number of hydrogen-bond donors (Lipinski definition) is 0. The van der Waals surface area contributed by atoms with E-state index in [-0.39, 0.29) is 51.0 Å². The summed E-state index contributed by atoms with van der Waals surface area (Å²) in [5, 5.41) is 0. The Morgan fingerprint density at radius 2 is 1.81 bits per heavy atom. The summed E-state index contributed by atoms with van der Waals surface area (Å²) in [7, 11) is -4.87. The van der Waals surface area contributed by atoms with Crippen LogP contribution in [-0.4, -0.2) is 56.9 Å². The van der Waals surface area contributed by atoms with Crippen molar-refractivity contribution in [2.24, 2.45) is 0 Å². The Bertz CT molecular complexity index is 274. The molecule has 0 unspecified atom stereocenters. The third-order valence-electron chi connectivity index (χ3n) is 1.37. The molecule has 0 aromatic heterocycles. The van der Waals surface area contributed by atoms with Crippen LogP contribution in [0, 0.1) is 0 Å². The molecule has 0 rings (SSSR count). The van der Waals surface area contributed by atoms with Crippen LogP contribution in [0.25, 0.3) is 0 Å². The maximum Gasteiger partial charge on any atom is 2.00 e. The van der Waals surface area contributed by atoms with Crippen LogP contribution >= 0.6 is 7.82 Å². The fourth-order valence-corrected chi connectivity index (χ4v) is 1.02. The molecule has 0 spiro atoms. The molecular formula is C8H13CaO6P. The summed E-state index contributed by atoms with van der Waals surface area (Å²) in [6.07, 6.45) is 0.761. The van der Waals surface area contributed by atoms with Crippen LogP contribution in [0.15, 0.2) is 12.2 Å². The number of carbonyl (C=O) groups excluding carboxylic acids is 1. The maximum atomic E-state index is 10.8. The smallest absolute Gasteiger partial charge is 0.790 e. The summed E-state index contributed by atoms with van der Waals surface area (Å²) in [6, 6.07) is 0. The van der Waals surface area contributed by atoms with Gasteiger partial charge in [0, 0.05) is 5.57 Å². The first-order chi connectivity index (χ1) is 6.83. The largest absolute Gasteiger partial charge is 2.00 e. The maximum absolute atomic E-state index is 10.8. The van der Waals surface area contributed by atoms with Gasteiger partial charge in [-0.25, -0.2) is 4.79 Å². The quantitative estimate of drug-likeness (QED) is 0.201. The molecule has 0 saturated carbocycles. The van der Waals surface area contributed by atoms with Crippen LogP contribution in [0.3, 0.4) is 0 Å². The fourth-order valence-electron chi connectivity index (χ4n) is 0.669. The minimum atomic E-state index is -4.87. The third-order valence-corrected chi connectivity index (χ3v) is 1.87. The van der Waals surface area contributed by atoms with Gasteiger partial charge in [-0.15, -0.1) is 0 Å². The van der Waals surface area contributed by atoms with E-state index in [0.717, 1.165) is 0 Å². The van der Waals surface area contributed by atoms with Crippen LogP contribution in [0.2, 0.25) is 0 Å². The zero-order chi connectivity index (χ0) is 11.9. The van der Waals surface area contributed by atoms with Gasteiger partial charge >= 0.3 is 43.7 Å². The van der Waals surface area contributed by atoms with Crippen molar-refractivity contribution in [3.8, 4) is 0 Å². The molecule has 0 heterocycles. The van der Waals surface area contributed by atoms with E-state index in [9.17, 15) is 19.1 Å². The molecule has 0 aliphatic carbocycles. The second-order valence-corrected chi connectivity index (χ2v) is 4.06. The Kier molecular flexibility index (Phi) is 11.4. The van der Waals surface area contributed by atoms with E-state index in [1.165, 1.54) is 6.92 Å². The fraction of sp³-hybridized carbons (Fsp3) is 0.625. The molecule has 0 N–H and O–H groups in total. The topological polar surface area (TPSA) is 98.7 Å². The van der Waals surface area contributed by atoms with E-state index in [0.29, 0.717) is 18.4 Å². The average Bonchev–Trinajstić information content (AvgIpc) is 2.08. The van der Waals surface area contributed by atoms with E-state index in [4.69, 9.17) is 4.74 Å². The summed E-state index contributed by atoms with van der Waals surface area (Å²) >= 11 is 0. The van der Waals surface area contributed by atoms with Crippen molar-refractivity contribution in [3.05, 3.63) is 12.2 Å². The van der Waals surface area contributed by atoms with Gasteiger partial charge in [0.05, 0.1) is 21.0 Å². The summed E-state index contributed by atoms with van der Waals surface area (Å²) < 4.78 is 18.7. The molecular weight excluding hydrogens is 263 g/mol. The summed E-state index contributed by atoms with van der Waals surface area (Å²) in [4.78, 5) is 30.9. The SMILES string of the molecule is C=C(C)C(=O)OCCCCOP(=O)([O-])[O-].[Ca+2]. The van der Waals surface area contributed by atoms with Crippen LogP contribution in [0.4, 0.5) is 0 Å². The molecule has 16 heavy (non-hydrogen) atoms. The van der Waals surface area contributed by atoms with Crippen molar-refractivity contribution in [1.82, 2.24) is 0 Å². The van der Waals surface area contributed by atoms with E-state index >= 15 is 0 Å². The van der Waals surface area contributed by atoms with Gasteiger partial charge in [0.15, 0.2) is 0 Å². The molecule has 0 bridgehead atoms. The van der Waals surface area contributed by atoms with E-state index in [2.05, 4.69) is 11.1 Å². The second kappa shape index (κ2) is 9.59. The molecule has 0 aromatic rings. The molecule has 88 valence electrons. The van der Waals surface area contributed by atoms with Crippen LogP contribution < -0.4 is 9.79 Å². The minimum Gasteiger partial charge on any atom is -0.790 e. The Morgan fingerprint density at radius 1 is 1.31 bits per heavy atom. The van der Waals surface area contributed by atoms with Crippen LogP contribution in [0.1, 0.15) is 19.8 Å². The summed E-state index contributed by atoms with van der Waals surface area (Å²) in [6.45, 7) is 4.87. The number of carbonyl (C=O) groups is 1. The standard InChI is InChI=1S/C8H15O6P.Ca/c1-7(2)8(9)13-5-3-4-6-14-15(10,11)12;/h1,3-6H2,2H3,(H2,10,11,12);/q;+2/p-2. The van der Waals surface area contributed by atoms with Gasteiger partial charge in [0.25, 0.3) is 0 Å². The predicted molar refractivity (Wildman–Crippen MR) is 54.3 cm³/mol. The molecule has 6 nitrogen and oxygen atoms in total. The van der Waals surface area contributed by atoms with Crippen LogP contribution in [0.5, 0.6) is 0 Å². The molecule has 0 fully saturated rings. The van der Waals surface area contributed by atoms with Crippen molar-refractivity contribution in [1.29, 1.82) is 0 Å². The molecule has 8 heteroatoms. The van der Waals surface area contributed by atoms with Crippen molar-refractivity contribution in [3.63, 3.8) is 0 Å². The minimum absolute atomic E-state index is 0. The number of hydrogen-bond acceptors (Lipinski definition) is 6. The molecule has 0 atom stereocenters. The number of rotatable bonds is 7. The normalized spacial score (nSPS) is 10.4. The zero-order valence-corrected chi connectivity index (χ0v) is 12.2. The summed E-state index contributed by atoms with van der Waals surface area (Å²) in [5.74, 6) is -0.491. The molecule has 0 aliphatic rings. The number of esters is 1. The Hall–Kier alpha value is 0.580. The summed E-state index contributed by atoms with van der Waals surface area (Å²) in [5.41, 5.74) is 0.301. The van der Waals surface area contributed by atoms with Gasteiger partial charge in [0.1, 0.15) is 0 Å². The molecule has 0 amide bonds. The van der Waals surface area contributed by atoms with E-state index in [1.54, 1.807) is 0 Å². The number of phosphoric acid groups is 1. The van der Waals surface area contributed by atoms with Gasteiger partial charge in [0.2, 0.25) is 0 Å². The number of ether oxygens (including phenoxy) is 1. The van der Waals surface area contributed by atoms with E-state index < -0.39 is 13.8 Å². The molecule has 0 radical (unpaired) electrons. The Labute approximate surface area is 124 Å². The molecule has 0 aliphatic heterocycles. The van der Waals surface area contributed by atoms with Gasteiger partial charge in [-0.1, -0.05) is 6.58 Å². The average molecular weight is 276 g/mol. The first kappa shape index (κ1) is 18.9. The first-order valence-electron chi connectivity index (χ1n) is 4.32. The Balaban J connectivity index is 0. The number of phosphoric ester groups is 1. The predicted octanol–water partition coefficient (Wildman–Crippen LogP) is -0.650. The van der Waals surface area contributed by atoms with Crippen LogP contribution in [-0.2, 0) is 18.6 Å². The van der Waals surface area contributed by atoms with Crippen molar-refractivity contribution >= 4 is 51.5 Å². The van der Waals surface area contributed by atoms with Crippen molar-refractivity contribution in [2.45, 2.75) is 19.8 Å². The van der Waals surface area contributed by atoms with Gasteiger partial charge in [-0.05, 0) is 19.8 Å². The monoisotopic (exact) mass is 276 g/mol. The number of unbranched alkanes of at least 4 members (excludes halogenated alkanes) is 1. The zero-order valence-electron chi connectivity index (χ0n) is 9.14. The van der Waals surface area contributed by atoms with E-state index in [1.807, 2.05) is 0 Å². The Morgan fingerprint density at radius 3 is 2.25 bits per heavy atom. The molecule has 0 aromatic carbocycles. The second-order valence-electron chi connectivity index (χ2n) is 2.90. The van der Waals surface area contributed by atoms with Gasteiger partial charge in [-0.3, -0.25) is 0 Å². The van der Waals surface area contributed by atoms with Crippen molar-refractivity contribution in [2.75, 3.05) is 13.2 Å². The van der Waals surface area contributed by atoms with Gasteiger partial charge in [-0.2, -0.15) is 0 Å². The third kappa shape index (κ3) is 12.6. The van der Waals surface area contributed by atoms with Crippen molar-refractivity contribution < 1.29 is 28.4 Å². The van der Waals surface area contributed by atoms with Gasteiger partial charge < -0.3 is 23.6 Å². The first-order valence-corrected chi connectivity index (χ1v) is 5.78. The molecule has 0 saturated heterocycles.